The number of benzene rings is 1. The Kier molecular flexibility index (Phi) is 2.82. The van der Waals surface area contributed by atoms with Gasteiger partial charge in [0, 0.05) is 16.7 Å². The highest BCUT2D eigenvalue weighted by atomic mass is 14.5. The highest BCUT2D eigenvalue weighted by molar-refractivity contribution is 5.41. The predicted molar refractivity (Wildman–Crippen MR) is 82.0 cm³/mol. The summed E-state index contributed by atoms with van der Waals surface area (Å²) in [6.07, 6.45) is 18.0. The molecule has 1 aromatic carbocycles. The third kappa shape index (κ3) is 2.02. The molecule has 0 fully saturated rings. The summed E-state index contributed by atoms with van der Waals surface area (Å²) in [4.78, 5) is 0. The second kappa shape index (κ2) is 4.38. The fraction of sp³-hybridized carbons (Fsp3) is 0.263. The molecule has 2 aliphatic carbocycles. The second-order valence-electron chi connectivity index (χ2n) is 6.01. The van der Waals surface area contributed by atoms with Crippen LogP contribution < -0.4 is 0 Å². The largest absolute Gasteiger partial charge is 0.0742 e. The molecule has 0 nitrogen and oxygen atoms in total. The van der Waals surface area contributed by atoms with E-state index in [-0.39, 0.29) is 10.8 Å². The average Bonchev–Trinajstić information content (AvgIpc) is 3.01. The van der Waals surface area contributed by atoms with Crippen LogP contribution in [0.5, 0.6) is 0 Å². The molecule has 19 heavy (non-hydrogen) atoms. The van der Waals surface area contributed by atoms with Crippen LogP contribution in [-0.4, -0.2) is 0 Å². The molecular weight excluding hydrogens is 228 g/mol. The lowest BCUT2D eigenvalue weighted by molar-refractivity contribution is 0.296. The first-order valence-electron chi connectivity index (χ1n) is 6.93. The Balaban J connectivity index is 2.12. The summed E-state index contributed by atoms with van der Waals surface area (Å²) < 4.78 is 0. The van der Waals surface area contributed by atoms with Gasteiger partial charge in [-0.3, -0.25) is 0 Å². The highest BCUT2D eigenvalue weighted by Gasteiger charge is 2.43. The van der Waals surface area contributed by atoms with Gasteiger partial charge in [0.2, 0.25) is 0 Å². The van der Waals surface area contributed by atoms with Crippen molar-refractivity contribution in [2.45, 2.75) is 19.8 Å². The molecule has 0 saturated carbocycles. The van der Waals surface area contributed by atoms with Gasteiger partial charge in [0.1, 0.15) is 0 Å². The van der Waals surface area contributed by atoms with Gasteiger partial charge >= 0.3 is 0 Å². The van der Waals surface area contributed by atoms with Crippen LogP contribution >= 0.6 is 0 Å². The van der Waals surface area contributed by atoms with Crippen LogP contribution in [0.15, 0.2) is 78.9 Å². The van der Waals surface area contributed by atoms with E-state index >= 15 is 0 Å². The molecular formula is C19H20. The zero-order chi connectivity index (χ0) is 13.3. The molecule has 0 bridgehead atoms. The Hall–Kier alpha value is -1.82. The van der Waals surface area contributed by atoms with Crippen molar-refractivity contribution in [1.82, 2.24) is 0 Å². The summed E-state index contributed by atoms with van der Waals surface area (Å²) in [6.45, 7) is 4.66. The van der Waals surface area contributed by atoms with Crippen molar-refractivity contribution in [3.63, 3.8) is 0 Å². The van der Waals surface area contributed by atoms with Crippen LogP contribution in [-0.2, 0) is 0 Å². The van der Waals surface area contributed by atoms with Gasteiger partial charge in [0.25, 0.3) is 0 Å². The summed E-state index contributed by atoms with van der Waals surface area (Å²) in [5.74, 6) is 0.422. The fourth-order valence-electron chi connectivity index (χ4n) is 3.58. The van der Waals surface area contributed by atoms with Crippen molar-refractivity contribution >= 4 is 0 Å². The SMILES string of the molecule is CC1(C(c2ccccc2)C2(C)C=CC=C2)C=CC=C1. The van der Waals surface area contributed by atoms with Crippen molar-refractivity contribution < 1.29 is 0 Å². The maximum absolute atomic E-state index is 2.33. The first-order valence-corrected chi connectivity index (χ1v) is 6.93. The van der Waals surface area contributed by atoms with Crippen LogP contribution in [0.4, 0.5) is 0 Å². The Morgan fingerprint density at radius 3 is 1.53 bits per heavy atom. The summed E-state index contributed by atoms with van der Waals surface area (Å²) >= 11 is 0. The van der Waals surface area contributed by atoms with Gasteiger partial charge < -0.3 is 0 Å². The maximum atomic E-state index is 2.33. The van der Waals surface area contributed by atoms with Crippen molar-refractivity contribution in [2.75, 3.05) is 0 Å². The highest BCUT2D eigenvalue weighted by Crippen LogP contribution is 2.53. The average molecular weight is 248 g/mol. The number of allylic oxidation sites excluding steroid dienone is 8. The normalized spacial score (nSPS) is 21.6. The van der Waals surface area contributed by atoms with Crippen molar-refractivity contribution in [3.05, 3.63) is 84.5 Å². The van der Waals surface area contributed by atoms with Gasteiger partial charge in [-0.1, -0.05) is 92.8 Å². The molecule has 0 unspecified atom stereocenters. The lowest BCUT2D eigenvalue weighted by Gasteiger charge is -2.41. The van der Waals surface area contributed by atoms with Crippen LogP contribution in [0.25, 0.3) is 0 Å². The minimum absolute atomic E-state index is 0.0785. The van der Waals surface area contributed by atoms with E-state index in [9.17, 15) is 0 Å². The first kappa shape index (κ1) is 12.2. The molecule has 96 valence electrons. The zero-order valence-electron chi connectivity index (χ0n) is 11.6. The second-order valence-corrected chi connectivity index (χ2v) is 6.01. The Bertz CT molecular complexity index is 511. The smallest absolute Gasteiger partial charge is 0.0119 e. The summed E-state index contributed by atoms with van der Waals surface area (Å²) in [7, 11) is 0. The van der Waals surface area contributed by atoms with E-state index in [1.807, 2.05) is 0 Å². The van der Waals surface area contributed by atoms with E-state index in [2.05, 4.69) is 92.8 Å². The van der Waals surface area contributed by atoms with Crippen LogP contribution in [0.1, 0.15) is 25.3 Å². The third-order valence-corrected chi connectivity index (χ3v) is 4.42. The van der Waals surface area contributed by atoms with E-state index in [1.165, 1.54) is 5.56 Å². The summed E-state index contributed by atoms with van der Waals surface area (Å²) in [5, 5.41) is 0. The minimum Gasteiger partial charge on any atom is -0.0742 e. The fourth-order valence-corrected chi connectivity index (χ4v) is 3.58. The van der Waals surface area contributed by atoms with Crippen LogP contribution in [0, 0.1) is 10.8 Å². The van der Waals surface area contributed by atoms with E-state index in [0.29, 0.717) is 5.92 Å². The number of rotatable bonds is 3. The van der Waals surface area contributed by atoms with E-state index in [1.54, 1.807) is 0 Å². The van der Waals surface area contributed by atoms with Crippen molar-refractivity contribution in [1.29, 1.82) is 0 Å². The minimum atomic E-state index is 0.0785. The first-order chi connectivity index (χ1) is 9.14. The molecule has 0 atom stereocenters. The Morgan fingerprint density at radius 1 is 0.684 bits per heavy atom. The van der Waals surface area contributed by atoms with Gasteiger partial charge in [0.05, 0.1) is 0 Å². The summed E-state index contributed by atoms with van der Waals surface area (Å²) in [6, 6.07) is 10.9. The molecule has 0 radical (unpaired) electrons. The van der Waals surface area contributed by atoms with Gasteiger partial charge in [0.15, 0.2) is 0 Å². The molecule has 0 heterocycles. The molecule has 0 N–H and O–H groups in total. The predicted octanol–water partition coefficient (Wildman–Crippen LogP) is 5.03. The molecule has 0 aliphatic heterocycles. The Morgan fingerprint density at radius 2 is 1.11 bits per heavy atom. The van der Waals surface area contributed by atoms with Crippen LogP contribution in [0.2, 0.25) is 0 Å². The quantitative estimate of drug-likeness (QED) is 0.703. The van der Waals surface area contributed by atoms with Crippen molar-refractivity contribution in [2.24, 2.45) is 10.8 Å². The molecule has 0 saturated heterocycles. The lowest BCUT2D eigenvalue weighted by atomic mass is 9.61. The molecule has 0 amide bonds. The Labute approximate surface area is 115 Å². The monoisotopic (exact) mass is 248 g/mol. The lowest BCUT2D eigenvalue weighted by Crippen LogP contribution is -2.32. The van der Waals surface area contributed by atoms with E-state index in [0.717, 1.165) is 0 Å². The maximum Gasteiger partial charge on any atom is 0.0119 e. The van der Waals surface area contributed by atoms with Gasteiger partial charge in [-0.25, -0.2) is 0 Å². The molecule has 2 aliphatic rings. The van der Waals surface area contributed by atoms with Crippen molar-refractivity contribution in [3.8, 4) is 0 Å². The van der Waals surface area contributed by atoms with E-state index < -0.39 is 0 Å². The van der Waals surface area contributed by atoms with Gasteiger partial charge in [-0.05, 0) is 5.56 Å². The van der Waals surface area contributed by atoms with Crippen LogP contribution in [0.3, 0.4) is 0 Å². The van der Waals surface area contributed by atoms with Gasteiger partial charge in [-0.15, -0.1) is 0 Å². The van der Waals surface area contributed by atoms with Gasteiger partial charge in [-0.2, -0.15) is 0 Å². The summed E-state index contributed by atoms with van der Waals surface area (Å²) in [5.41, 5.74) is 1.56. The number of hydrogen-bond acceptors (Lipinski definition) is 0. The molecule has 0 spiro atoms. The molecule has 0 heteroatoms. The zero-order valence-corrected chi connectivity index (χ0v) is 11.6. The molecule has 0 aromatic heterocycles. The standard InChI is InChI=1S/C19H20/c1-18(12-6-7-13-18)17(16-10-4-3-5-11-16)19(2)14-8-9-15-19/h3-15,17H,1-2H3. The molecule has 3 rings (SSSR count). The van der Waals surface area contributed by atoms with E-state index in [4.69, 9.17) is 0 Å². The molecule has 1 aromatic rings. The third-order valence-electron chi connectivity index (χ3n) is 4.42. The number of hydrogen-bond donors (Lipinski definition) is 0. The topological polar surface area (TPSA) is 0 Å².